The third-order valence-corrected chi connectivity index (χ3v) is 3.76. The van der Waals surface area contributed by atoms with Crippen LogP contribution >= 0.6 is 11.6 Å². The number of hydrogen-bond donors (Lipinski definition) is 3. The van der Waals surface area contributed by atoms with Gasteiger partial charge >= 0.3 is 6.03 Å². The number of methoxy groups -OCH3 is 1. The van der Waals surface area contributed by atoms with Gasteiger partial charge in [0.1, 0.15) is 5.75 Å². The molecule has 1 atom stereocenters. The summed E-state index contributed by atoms with van der Waals surface area (Å²) in [6.45, 7) is 1.94. The predicted molar refractivity (Wildman–Crippen MR) is 91.2 cm³/mol. The van der Waals surface area contributed by atoms with Crippen LogP contribution in [-0.2, 0) is 0 Å². The first kappa shape index (κ1) is 17.1. The van der Waals surface area contributed by atoms with E-state index in [0.29, 0.717) is 22.0 Å². The normalized spacial score (nSPS) is 11.7. The molecule has 0 bridgehead atoms. The largest absolute Gasteiger partial charge is 0.497 e. The number of carbonyl (C=O) groups is 1. The smallest absolute Gasteiger partial charge is 0.319 e. The molecule has 0 saturated carbocycles. The maximum Gasteiger partial charge on any atom is 0.319 e. The topological polar surface area (TPSA) is 70.6 Å². The number of aliphatic hydroxyl groups is 1. The number of halogens is 1. The number of benzene rings is 2. The third-order valence-electron chi connectivity index (χ3n) is 3.41. The molecule has 1 unspecified atom stereocenters. The molecule has 0 radical (unpaired) electrons. The van der Waals surface area contributed by atoms with Crippen molar-refractivity contribution < 1.29 is 14.6 Å². The van der Waals surface area contributed by atoms with Crippen molar-refractivity contribution >= 4 is 23.3 Å². The molecule has 0 fully saturated rings. The van der Waals surface area contributed by atoms with Crippen molar-refractivity contribution in [3.8, 4) is 5.75 Å². The first-order chi connectivity index (χ1) is 11.0. The van der Waals surface area contributed by atoms with Crippen LogP contribution in [0, 0.1) is 6.92 Å². The van der Waals surface area contributed by atoms with E-state index in [-0.39, 0.29) is 6.54 Å². The van der Waals surface area contributed by atoms with E-state index in [2.05, 4.69) is 10.6 Å². The minimum atomic E-state index is -0.874. The van der Waals surface area contributed by atoms with Crippen molar-refractivity contribution in [1.29, 1.82) is 0 Å². The Hall–Kier alpha value is -2.24. The van der Waals surface area contributed by atoms with E-state index in [1.165, 1.54) is 0 Å². The first-order valence-corrected chi connectivity index (χ1v) is 7.51. The average Bonchev–Trinajstić information content (AvgIpc) is 2.55. The van der Waals surface area contributed by atoms with Crippen LogP contribution in [0.4, 0.5) is 10.5 Å². The number of amides is 2. The Balaban J connectivity index is 1.94. The van der Waals surface area contributed by atoms with E-state index < -0.39 is 12.1 Å². The summed E-state index contributed by atoms with van der Waals surface area (Å²) in [4.78, 5) is 12.0. The van der Waals surface area contributed by atoms with E-state index in [0.717, 1.165) is 5.56 Å². The summed E-state index contributed by atoms with van der Waals surface area (Å²) < 4.78 is 5.13. The standard InChI is InChI=1S/C17H19ClN2O3/c1-11-7-8-12(23-2)9-15(11)20-17(22)19-10-16(21)13-5-3-4-6-14(13)18/h3-9,16,21H,10H2,1-2H3,(H2,19,20,22). The highest BCUT2D eigenvalue weighted by Crippen LogP contribution is 2.23. The van der Waals surface area contributed by atoms with Gasteiger partial charge in [-0.2, -0.15) is 0 Å². The first-order valence-electron chi connectivity index (χ1n) is 7.13. The molecule has 2 aromatic rings. The predicted octanol–water partition coefficient (Wildman–Crippen LogP) is 3.51. The summed E-state index contributed by atoms with van der Waals surface area (Å²) in [6.07, 6.45) is -0.874. The van der Waals surface area contributed by atoms with Crippen molar-refractivity contribution in [1.82, 2.24) is 5.32 Å². The van der Waals surface area contributed by atoms with Crippen LogP contribution in [0.15, 0.2) is 42.5 Å². The summed E-state index contributed by atoms with van der Waals surface area (Å²) in [6, 6.07) is 12.0. The molecule has 2 rings (SSSR count). The van der Waals surface area contributed by atoms with E-state index >= 15 is 0 Å². The second-order valence-electron chi connectivity index (χ2n) is 5.05. The van der Waals surface area contributed by atoms with Crippen molar-refractivity contribution in [3.05, 3.63) is 58.6 Å². The molecule has 2 amide bonds. The van der Waals surface area contributed by atoms with Gasteiger partial charge in [-0.05, 0) is 24.6 Å². The number of anilines is 1. The molecule has 0 aliphatic rings. The number of carbonyl (C=O) groups excluding carboxylic acids is 1. The highest BCUT2D eigenvalue weighted by Gasteiger charge is 2.13. The van der Waals surface area contributed by atoms with Crippen LogP contribution < -0.4 is 15.4 Å². The molecular weight excluding hydrogens is 316 g/mol. The number of rotatable bonds is 5. The van der Waals surface area contributed by atoms with E-state index in [4.69, 9.17) is 16.3 Å². The second kappa shape index (κ2) is 7.85. The summed E-state index contributed by atoms with van der Waals surface area (Å²) in [5.41, 5.74) is 2.13. The van der Waals surface area contributed by atoms with Gasteiger partial charge in [-0.25, -0.2) is 4.79 Å². The van der Waals surface area contributed by atoms with Crippen LogP contribution in [0.2, 0.25) is 5.02 Å². The Kier molecular flexibility index (Phi) is 5.84. The fraction of sp³-hybridized carbons (Fsp3) is 0.235. The number of hydrogen-bond acceptors (Lipinski definition) is 3. The molecule has 3 N–H and O–H groups in total. The summed E-state index contributed by atoms with van der Waals surface area (Å²) in [5.74, 6) is 0.655. The lowest BCUT2D eigenvalue weighted by molar-refractivity contribution is 0.175. The zero-order chi connectivity index (χ0) is 16.8. The Morgan fingerprint density at radius 1 is 1.30 bits per heavy atom. The highest BCUT2D eigenvalue weighted by atomic mass is 35.5. The fourth-order valence-electron chi connectivity index (χ4n) is 2.07. The molecule has 6 heteroatoms. The number of nitrogens with one attached hydrogen (secondary N) is 2. The molecule has 0 spiro atoms. The molecule has 0 saturated heterocycles. The summed E-state index contributed by atoms with van der Waals surface area (Å²) >= 11 is 6.02. The van der Waals surface area contributed by atoms with Gasteiger partial charge in [0.2, 0.25) is 0 Å². The highest BCUT2D eigenvalue weighted by molar-refractivity contribution is 6.31. The Morgan fingerprint density at radius 2 is 2.04 bits per heavy atom. The number of aliphatic hydroxyl groups excluding tert-OH is 1. The maximum atomic E-state index is 12.0. The van der Waals surface area contributed by atoms with Gasteiger partial charge < -0.3 is 20.5 Å². The quantitative estimate of drug-likeness (QED) is 0.783. The third kappa shape index (κ3) is 4.61. The van der Waals surface area contributed by atoms with Crippen LogP contribution in [-0.4, -0.2) is 24.8 Å². The van der Waals surface area contributed by atoms with Crippen molar-refractivity contribution in [3.63, 3.8) is 0 Å². The van der Waals surface area contributed by atoms with Crippen molar-refractivity contribution in [2.24, 2.45) is 0 Å². The molecule has 2 aromatic carbocycles. The molecule has 0 aliphatic carbocycles. The summed E-state index contributed by atoms with van der Waals surface area (Å²) in [5, 5.41) is 15.9. The van der Waals surface area contributed by atoms with Gasteiger partial charge in [-0.1, -0.05) is 35.9 Å². The molecule has 0 aromatic heterocycles. The van der Waals surface area contributed by atoms with Crippen LogP contribution in [0.3, 0.4) is 0 Å². The number of aryl methyl sites for hydroxylation is 1. The monoisotopic (exact) mass is 334 g/mol. The Bertz CT molecular complexity index is 691. The molecule has 5 nitrogen and oxygen atoms in total. The Labute approximate surface area is 140 Å². The Morgan fingerprint density at radius 3 is 2.74 bits per heavy atom. The zero-order valence-electron chi connectivity index (χ0n) is 13.0. The van der Waals surface area contributed by atoms with Crippen LogP contribution in [0.5, 0.6) is 5.75 Å². The average molecular weight is 335 g/mol. The lowest BCUT2D eigenvalue weighted by Gasteiger charge is -2.15. The zero-order valence-corrected chi connectivity index (χ0v) is 13.7. The van der Waals surface area contributed by atoms with Gasteiger partial charge in [0, 0.05) is 28.9 Å². The van der Waals surface area contributed by atoms with Gasteiger partial charge in [0.15, 0.2) is 0 Å². The summed E-state index contributed by atoms with van der Waals surface area (Å²) in [7, 11) is 1.56. The van der Waals surface area contributed by atoms with Crippen molar-refractivity contribution in [2.75, 3.05) is 19.0 Å². The van der Waals surface area contributed by atoms with E-state index in [9.17, 15) is 9.90 Å². The molecular formula is C17H19ClN2O3. The second-order valence-corrected chi connectivity index (χ2v) is 5.46. The van der Waals surface area contributed by atoms with E-state index in [1.54, 1.807) is 37.4 Å². The van der Waals surface area contributed by atoms with Gasteiger partial charge in [-0.3, -0.25) is 0 Å². The van der Waals surface area contributed by atoms with Crippen LogP contribution in [0.25, 0.3) is 0 Å². The van der Waals surface area contributed by atoms with Gasteiger partial charge in [-0.15, -0.1) is 0 Å². The molecule has 122 valence electrons. The van der Waals surface area contributed by atoms with Crippen LogP contribution in [0.1, 0.15) is 17.2 Å². The molecule has 0 heterocycles. The maximum absolute atomic E-state index is 12.0. The number of urea groups is 1. The fourth-order valence-corrected chi connectivity index (χ4v) is 2.34. The lowest BCUT2D eigenvalue weighted by Crippen LogP contribution is -2.32. The molecule has 0 aliphatic heterocycles. The molecule has 23 heavy (non-hydrogen) atoms. The SMILES string of the molecule is COc1ccc(C)c(NC(=O)NCC(O)c2ccccc2Cl)c1. The number of ether oxygens (including phenoxy) is 1. The van der Waals surface area contributed by atoms with Crippen molar-refractivity contribution in [2.45, 2.75) is 13.0 Å². The minimum absolute atomic E-state index is 0.0541. The van der Waals surface area contributed by atoms with Gasteiger partial charge in [0.05, 0.1) is 13.2 Å². The lowest BCUT2D eigenvalue weighted by atomic mass is 10.1. The van der Waals surface area contributed by atoms with E-state index in [1.807, 2.05) is 19.1 Å². The minimum Gasteiger partial charge on any atom is -0.497 e. The van der Waals surface area contributed by atoms with Gasteiger partial charge in [0.25, 0.3) is 0 Å².